The van der Waals surface area contributed by atoms with Gasteiger partial charge in [-0.3, -0.25) is 19.6 Å². The maximum Gasteiger partial charge on any atom is 0.284 e. The first kappa shape index (κ1) is 22.8. The summed E-state index contributed by atoms with van der Waals surface area (Å²) in [6, 6.07) is 8.10. The lowest BCUT2D eigenvalue weighted by atomic mass is 10.0. The Hall–Kier alpha value is -2.42. The van der Waals surface area contributed by atoms with Crippen molar-refractivity contribution in [1.29, 1.82) is 0 Å². The quantitative estimate of drug-likeness (QED) is 0.423. The number of anilines is 2. The highest BCUT2D eigenvalue weighted by Crippen LogP contribution is 2.38. The van der Waals surface area contributed by atoms with E-state index in [0.29, 0.717) is 26.8 Å². The molecule has 0 spiro atoms. The molecule has 0 saturated heterocycles. The molecule has 1 unspecified atom stereocenters. The smallest absolute Gasteiger partial charge is 0.284 e. The standard InChI is InChI=1S/C22H20BrCl2N5O2/c1-11-8-14(24)9-15(21(31)27-12(2)13-5-6-13)19(11)30(20-16(25)4-3-7-26-20)22(32)17-10-18(23)29-28-17/h3-4,7-10,12-13H,5-6H2,1-2H3,(H,27,31)(H,28,29). The third-order valence-electron chi connectivity index (χ3n) is 5.34. The Morgan fingerprint density at radius 3 is 2.66 bits per heavy atom. The van der Waals surface area contributed by atoms with Crippen molar-refractivity contribution in [2.24, 2.45) is 5.92 Å². The second-order valence-corrected chi connectivity index (χ2v) is 9.47. The highest BCUT2D eigenvalue weighted by molar-refractivity contribution is 9.10. The fourth-order valence-corrected chi connectivity index (χ4v) is 4.36. The van der Waals surface area contributed by atoms with Crippen molar-refractivity contribution in [3.63, 3.8) is 0 Å². The summed E-state index contributed by atoms with van der Waals surface area (Å²) < 4.78 is 0.539. The van der Waals surface area contributed by atoms with Gasteiger partial charge in [0.1, 0.15) is 4.60 Å². The van der Waals surface area contributed by atoms with Crippen LogP contribution in [0.25, 0.3) is 0 Å². The number of rotatable bonds is 6. The Kier molecular flexibility index (Phi) is 6.55. The second-order valence-electron chi connectivity index (χ2n) is 7.77. The number of aryl methyl sites for hydroxylation is 1. The first-order chi connectivity index (χ1) is 15.3. The topological polar surface area (TPSA) is 91.0 Å². The van der Waals surface area contributed by atoms with Gasteiger partial charge in [-0.1, -0.05) is 23.2 Å². The molecule has 0 radical (unpaired) electrons. The molecular weight excluding hydrogens is 517 g/mol. The summed E-state index contributed by atoms with van der Waals surface area (Å²) in [5.41, 5.74) is 1.35. The van der Waals surface area contributed by atoms with Gasteiger partial charge in [-0.25, -0.2) is 4.98 Å². The number of halogens is 3. The second kappa shape index (κ2) is 9.21. The molecule has 0 aliphatic heterocycles. The molecule has 3 aromatic rings. The molecule has 1 aliphatic rings. The van der Waals surface area contributed by atoms with E-state index in [2.05, 4.69) is 36.4 Å². The molecule has 1 saturated carbocycles. The fraction of sp³-hybridized carbons (Fsp3) is 0.273. The zero-order valence-electron chi connectivity index (χ0n) is 17.3. The lowest BCUT2D eigenvalue weighted by Gasteiger charge is -2.26. The maximum absolute atomic E-state index is 13.6. The van der Waals surface area contributed by atoms with Gasteiger partial charge in [-0.15, -0.1) is 0 Å². The molecule has 10 heteroatoms. The van der Waals surface area contributed by atoms with Crippen LogP contribution in [0, 0.1) is 12.8 Å². The van der Waals surface area contributed by atoms with E-state index in [0.717, 1.165) is 12.8 Å². The van der Waals surface area contributed by atoms with Crippen LogP contribution in [-0.2, 0) is 0 Å². The van der Waals surface area contributed by atoms with Crippen LogP contribution in [0.5, 0.6) is 0 Å². The summed E-state index contributed by atoms with van der Waals surface area (Å²) >= 11 is 16.0. The van der Waals surface area contributed by atoms with E-state index in [-0.39, 0.29) is 34.0 Å². The number of amides is 2. The number of hydrogen-bond donors (Lipinski definition) is 2. The number of aromatic amines is 1. The van der Waals surface area contributed by atoms with Crippen molar-refractivity contribution in [2.75, 3.05) is 4.90 Å². The number of hydrogen-bond acceptors (Lipinski definition) is 4. The highest BCUT2D eigenvalue weighted by Gasteiger charge is 2.33. The molecule has 1 atom stereocenters. The van der Waals surface area contributed by atoms with Gasteiger partial charge < -0.3 is 5.32 Å². The Balaban J connectivity index is 1.87. The van der Waals surface area contributed by atoms with Gasteiger partial charge in [0.2, 0.25) is 0 Å². The molecule has 2 N–H and O–H groups in total. The normalized spacial score (nSPS) is 14.2. The van der Waals surface area contributed by atoms with E-state index in [1.165, 1.54) is 11.1 Å². The van der Waals surface area contributed by atoms with Crippen LogP contribution in [-0.4, -0.2) is 33.0 Å². The molecule has 2 amide bonds. The van der Waals surface area contributed by atoms with Crippen molar-refractivity contribution in [1.82, 2.24) is 20.5 Å². The Morgan fingerprint density at radius 1 is 1.28 bits per heavy atom. The Morgan fingerprint density at radius 2 is 2.03 bits per heavy atom. The third kappa shape index (κ3) is 4.67. The minimum Gasteiger partial charge on any atom is -0.349 e. The van der Waals surface area contributed by atoms with Crippen LogP contribution in [0.1, 0.15) is 46.2 Å². The first-order valence-electron chi connectivity index (χ1n) is 10.0. The summed E-state index contributed by atoms with van der Waals surface area (Å²) in [6.45, 7) is 3.76. The molecule has 2 aromatic heterocycles. The summed E-state index contributed by atoms with van der Waals surface area (Å²) in [6.07, 6.45) is 3.71. The van der Waals surface area contributed by atoms with Gasteiger partial charge in [-0.05, 0) is 78.4 Å². The highest BCUT2D eigenvalue weighted by atomic mass is 79.9. The van der Waals surface area contributed by atoms with Gasteiger partial charge in [0, 0.05) is 23.3 Å². The van der Waals surface area contributed by atoms with Crippen molar-refractivity contribution >= 4 is 62.5 Å². The van der Waals surface area contributed by atoms with Crippen LogP contribution in [0.2, 0.25) is 10.0 Å². The summed E-state index contributed by atoms with van der Waals surface area (Å²) in [5, 5.41) is 10.4. The minimum absolute atomic E-state index is 0.0134. The van der Waals surface area contributed by atoms with E-state index in [9.17, 15) is 9.59 Å². The minimum atomic E-state index is -0.498. The number of H-pyrrole nitrogens is 1. The molecule has 166 valence electrons. The number of pyridine rings is 1. The third-order valence-corrected chi connectivity index (χ3v) is 6.26. The van der Waals surface area contributed by atoms with Crippen molar-refractivity contribution < 1.29 is 9.59 Å². The Bertz CT molecular complexity index is 1190. The molecule has 7 nitrogen and oxygen atoms in total. The zero-order chi connectivity index (χ0) is 23.0. The molecule has 1 aliphatic carbocycles. The van der Waals surface area contributed by atoms with Crippen LogP contribution in [0.3, 0.4) is 0 Å². The molecule has 2 heterocycles. The zero-order valence-corrected chi connectivity index (χ0v) is 20.4. The van der Waals surface area contributed by atoms with E-state index in [1.807, 2.05) is 6.92 Å². The van der Waals surface area contributed by atoms with Crippen LogP contribution in [0.4, 0.5) is 11.5 Å². The lowest BCUT2D eigenvalue weighted by molar-refractivity contribution is 0.0936. The van der Waals surface area contributed by atoms with Crippen LogP contribution >= 0.6 is 39.1 Å². The average Bonchev–Trinajstić information content (AvgIpc) is 3.51. The first-order valence-corrected chi connectivity index (χ1v) is 11.6. The summed E-state index contributed by atoms with van der Waals surface area (Å²) in [7, 11) is 0. The maximum atomic E-state index is 13.6. The van der Waals surface area contributed by atoms with Crippen LogP contribution in [0.15, 0.2) is 41.1 Å². The van der Waals surface area contributed by atoms with Crippen LogP contribution < -0.4 is 10.2 Å². The van der Waals surface area contributed by atoms with Crippen molar-refractivity contribution in [3.8, 4) is 0 Å². The van der Waals surface area contributed by atoms with Crippen molar-refractivity contribution in [2.45, 2.75) is 32.7 Å². The number of carbonyl (C=O) groups excluding carboxylic acids is 2. The monoisotopic (exact) mass is 535 g/mol. The van der Waals surface area contributed by atoms with E-state index < -0.39 is 5.91 Å². The number of nitrogens with one attached hydrogen (secondary N) is 2. The number of nitrogens with zero attached hydrogens (tertiary/aromatic N) is 3. The number of aromatic nitrogens is 3. The SMILES string of the molecule is Cc1cc(Cl)cc(C(=O)NC(C)C2CC2)c1N(C(=O)c1cc(Br)[nH]n1)c1ncccc1Cl. The van der Waals surface area contributed by atoms with E-state index in [1.54, 1.807) is 37.3 Å². The van der Waals surface area contributed by atoms with Gasteiger partial charge >= 0.3 is 0 Å². The van der Waals surface area contributed by atoms with Gasteiger partial charge in [0.05, 0.1) is 16.3 Å². The molecule has 32 heavy (non-hydrogen) atoms. The molecule has 1 aromatic carbocycles. The summed E-state index contributed by atoms with van der Waals surface area (Å²) in [4.78, 5) is 32.6. The summed E-state index contributed by atoms with van der Waals surface area (Å²) in [5.74, 6) is -0.166. The lowest BCUT2D eigenvalue weighted by Crippen LogP contribution is -2.36. The molecule has 4 rings (SSSR count). The van der Waals surface area contributed by atoms with E-state index >= 15 is 0 Å². The largest absolute Gasteiger partial charge is 0.349 e. The average molecular weight is 537 g/mol. The van der Waals surface area contributed by atoms with Gasteiger partial charge in [0.15, 0.2) is 11.5 Å². The van der Waals surface area contributed by atoms with E-state index in [4.69, 9.17) is 23.2 Å². The Labute approximate surface area is 203 Å². The molecule has 0 bridgehead atoms. The molecular formula is C22H20BrCl2N5O2. The molecule has 1 fully saturated rings. The number of benzene rings is 1. The number of carbonyl (C=O) groups is 2. The fourth-order valence-electron chi connectivity index (χ4n) is 3.57. The van der Waals surface area contributed by atoms with Gasteiger partial charge in [-0.2, -0.15) is 5.10 Å². The predicted molar refractivity (Wildman–Crippen MR) is 128 cm³/mol. The van der Waals surface area contributed by atoms with Gasteiger partial charge in [0.25, 0.3) is 11.8 Å². The predicted octanol–water partition coefficient (Wildman–Crippen LogP) is 5.69. The van der Waals surface area contributed by atoms with Crippen molar-refractivity contribution in [3.05, 3.63) is 68.0 Å².